The van der Waals surface area contributed by atoms with E-state index in [4.69, 9.17) is 4.74 Å². The molecule has 0 saturated carbocycles. The third-order valence-electron chi connectivity index (χ3n) is 7.52. The quantitative estimate of drug-likeness (QED) is 0.314. The SMILES string of the molecule is Cc1ccccc1CNC(=O)[C@H]1N(C(=O)[C@@H](O)C(Cc2ccccc2)NC(=O)COc2ccccc2C)CSC1(C)C. The Hall–Kier alpha value is -3.82. The number of nitrogens with zero attached hydrogens (tertiary/aromatic N) is 1. The van der Waals surface area contributed by atoms with Gasteiger partial charge in [0.15, 0.2) is 12.7 Å². The van der Waals surface area contributed by atoms with Crippen molar-refractivity contribution < 1.29 is 24.2 Å². The van der Waals surface area contributed by atoms with E-state index in [2.05, 4.69) is 10.6 Å². The van der Waals surface area contributed by atoms with Crippen LogP contribution in [0.4, 0.5) is 0 Å². The van der Waals surface area contributed by atoms with Crippen LogP contribution in [0.1, 0.15) is 36.1 Å². The summed E-state index contributed by atoms with van der Waals surface area (Å²) in [6.07, 6.45) is -1.35. The van der Waals surface area contributed by atoms with Crippen LogP contribution in [0.15, 0.2) is 78.9 Å². The molecule has 3 atom stereocenters. The highest BCUT2D eigenvalue weighted by molar-refractivity contribution is 8.00. The Morgan fingerprint density at radius 2 is 1.62 bits per heavy atom. The van der Waals surface area contributed by atoms with Crippen LogP contribution >= 0.6 is 11.8 Å². The highest BCUT2D eigenvalue weighted by atomic mass is 32.2. The zero-order chi connectivity index (χ0) is 30.3. The molecule has 42 heavy (non-hydrogen) atoms. The number of carbonyl (C=O) groups excluding carboxylic acids is 3. The van der Waals surface area contributed by atoms with Gasteiger partial charge in [0.1, 0.15) is 11.8 Å². The molecule has 4 rings (SSSR count). The molecule has 222 valence electrons. The molecular formula is C33H39N3O5S. The van der Waals surface area contributed by atoms with Gasteiger partial charge in [-0.1, -0.05) is 72.8 Å². The van der Waals surface area contributed by atoms with Gasteiger partial charge in [0.05, 0.1) is 11.9 Å². The second-order valence-corrected chi connectivity index (χ2v) is 12.7. The average molecular weight is 590 g/mol. The first-order chi connectivity index (χ1) is 20.1. The molecule has 0 spiro atoms. The molecule has 3 aromatic rings. The standard InChI is InChI=1S/C33H39N3O5S/c1-22-12-8-10-16-25(22)19-34-31(39)30-33(3,4)42-21-36(30)32(40)29(38)26(18-24-14-6-5-7-15-24)35-28(37)20-41-27-17-11-9-13-23(27)2/h5-17,26,29-30,38H,18-21H2,1-4H3,(H,34,39)(H,35,37)/t26?,29-,30+/m0/s1. The lowest BCUT2D eigenvalue weighted by Gasteiger charge is -2.33. The molecule has 9 heteroatoms. The monoisotopic (exact) mass is 589 g/mol. The van der Waals surface area contributed by atoms with Crippen LogP contribution in [-0.2, 0) is 27.3 Å². The minimum Gasteiger partial charge on any atom is -0.484 e. The van der Waals surface area contributed by atoms with Crippen LogP contribution in [-0.4, -0.2) is 63.1 Å². The van der Waals surface area contributed by atoms with Crippen molar-refractivity contribution in [2.75, 3.05) is 12.5 Å². The van der Waals surface area contributed by atoms with Gasteiger partial charge in [0.2, 0.25) is 5.91 Å². The van der Waals surface area contributed by atoms with Gasteiger partial charge in [-0.25, -0.2) is 0 Å². The van der Waals surface area contributed by atoms with E-state index >= 15 is 0 Å². The van der Waals surface area contributed by atoms with Gasteiger partial charge in [0, 0.05) is 11.3 Å². The van der Waals surface area contributed by atoms with E-state index in [-0.39, 0.29) is 24.8 Å². The molecule has 0 aromatic heterocycles. The molecule has 1 saturated heterocycles. The van der Waals surface area contributed by atoms with Crippen LogP contribution in [0.3, 0.4) is 0 Å². The van der Waals surface area contributed by atoms with Crippen molar-refractivity contribution in [3.05, 3.63) is 101 Å². The van der Waals surface area contributed by atoms with E-state index in [0.717, 1.165) is 22.3 Å². The van der Waals surface area contributed by atoms with Gasteiger partial charge in [-0.05, 0) is 62.4 Å². The average Bonchev–Trinajstić information content (AvgIpc) is 3.30. The van der Waals surface area contributed by atoms with Gasteiger partial charge in [-0.3, -0.25) is 14.4 Å². The number of aliphatic hydroxyl groups excluding tert-OH is 1. The zero-order valence-electron chi connectivity index (χ0n) is 24.5. The Labute approximate surface area is 251 Å². The van der Waals surface area contributed by atoms with Gasteiger partial charge >= 0.3 is 0 Å². The Balaban J connectivity index is 1.48. The normalized spacial score (nSPS) is 17.3. The van der Waals surface area contributed by atoms with Crippen LogP contribution in [0.2, 0.25) is 0 Å². The first-order valence-electron chi connectivity index (χ1n) is 14.0. The van der Waals surface area contributed by atoms with Crippen molar-refractivity contribution in [1.29, 1.82) is 0 Å². The maximum absolute atomic E-state index is 13.8. The summed E-state index contributed by atoms with van der Waals surface area (Å²) >= 11 is 1.48. The van der Waals surface area contributed by atoms with E-state index in [9.17, 15) is 19.5 Å². The number of carbonyl (C=O) groups is 3. The minimum absolute atomic E-state index is 0.221. The van der Waals surface area contributed by atoms with Gasteiger partial charge in [-0.15, -0.1) is 11.8 Å². The van der Waals surface area contributed by atoms with Crippen LogP contribution in [0, 0.1) is 13.8 Å². The summed E-state index contributed by atoms with van der Waals surface area (Å²) in [5.41, 5.74) is 3.79. The molecule has 8 nitrogen and oxygen atoms in total. The maximum Gasteiger partial charge on any atom is 0.258 e. The lowest BCUT2D eigenvalue weighted by atomic mass is 9.97. The molecule has 0 radical (unpaired) electrons. The van der Waals surface area contributed by atoms with Crippen molar-refractivity contribution in [2.45, 2.75) is 63.6 Å². The van der Waals surface area contributed by atoms with E-state index in [1.165, 1.54) is 16.7 Å². The summed E-state index contributed by atoms with van der Waals surface area (Å²) in [6, 6.07) is 22.8. The second-order valence-electron chi connectivity index (χ2n) is 11.1. The molecule has 1 fully saturated rings. The van der Waals surface area contributed by atoms with Crippen LogP contribution in [0.25, 0.3) is 0 Å². The molecule has 1 aliphatic heterocycles. The molecule has 0 bridgehead atoms. The number of para-hydroxylation sites is 1. The summed E-state index contributed by atoms with van der Waals surface area (Å²) in [5, 5.41) is 17.2. The molecule has 0 aliphatic carbocycles. The Morgan fingerprint density at radius 1 is 0.976 bits per heavy atom. The third kappa shape index (κ3) is 7.72. The summed E-state index contributed by atoms with van der Waals surface area (Å²) in [6.45, 7) is 7.77. The number of benzene rings is 3. The van der Waals surface area contributed by atoms with Gasteiger partial charge < -0.3 is 25.4 Å². The second kappa shape index (κ2) is 13.9. The Bertz CT molecular complexity index is 1400. The highest BCUT2D eigenvalue weighted by Gasteiger charge is 2.49. The maximum atomic E-state index is 13.8. The van der Waals surface area contributed by atoms with Gasteiger partial charge in [0.25, 0.3) is 11.8 Å². The fraction of sp³-hybridized carbons (Fsp3) is 0.364. The minimum atomic E-state index is -1.58. The van der Waals surface area contributed by atoms with Crippen LogP contribution < -0.4 is 15.4 Å². The lowest BCUT2D eigenvalue weighted by Crippen LogP contribution is -2.59. The number of hydrogen-bond donors (Lipinski definition) is 3. The Kier molecular flexibility index (Phi) is 10.3. The molecule has 3 amide bonds. The lowest BCUT2D eigenvalue weighted by molar-refractivity contribution is -0.148. The molecule has 3 N–H and O–H groups in total. The number of aliphatic hydroxyl groups is 1. The zero-order valence-corrected chi connectivity index (χ0v) is 25.3. The number of aryl methyl sites for hydroxylation is 2. The smallest absolute Gasteiger partial charge is 0.258 e. The predicted molar refractivity (Wildman–Crippen MR) is 165 cm³/mol. The summed E-state index contributed by atoms with van der Waals surface area (Å²) < 4.78 is 5.11. The van der Waals surface area contributed by atoms with Crippen molar-refractivity contribution >= 4 is 29.5 Å². The number of nitrogens with one attached hydrogen (secondary N) is 2. The summed E-state index contributed by atoms with van der Waals surface area (Å²) in [7, 11) is 0. The van der Waals surface area contributed by atoms with Crippen molar-refractivity contribution in [3.8, 4) is 5.75 Å². The number of rotatable bonds is 11. The molecule has 1 unspecified atom stereocenters. The summed E-state index contributed by atoms with van der Waals surface area (Å²) in [5.74, 6) is -0.531. The molecular weight excluding hydrogens is 550 g/mol. The van der Waals surface area contributed by atoms with E-state index in [0.29, 0.717) is 12.3 Å². The number of thioether (sulfide) groups is 1. The molecule has 1 heterocycles. The van der Waals surface area contributed by atoms with Crippen molar-refractivity contribution in [2.24, 2.45) is 0 Å². The topological polar surface area (TPSA) is 108 Å². The first-order valence-corrected chi connectivity index (χ1v) is 15.0. The fourth-order valence-electron chi connectivity index (χ4n) is 5.06. The number of ether oxygens (including phenoxy) is 1. The number of amides is 3. The first kappa shape index (κ1) is 31.1. The fourth-order valence-corrected chi connectivity index (χ4v) is 6.20. The van der Waals surface area contributed by atoms with E-state index in [1.54, 1.807) is 6.07 Å². The predicted octanol–water partition coefficient (Wildman–Crippen LogP) is 3.77. The van der Waals surface area contributed by atoms with E-state index in [1.807, 2.05) is 100 Å². The Morgan fingerprint density at radius 3 is 2.31 bits per heavy atom. The van der Waals surface area contributed by atoms with Crippen LogP contribution in [0.5, 0.6) is 5.75 Å². The summed E-state index contributed by atoms with van der Waals surface area (Å²) in [4.78, 5) is 41.7. The number of hydrogen-bond acceptors (Lipinski definition) is 6. The molecule has 3 aromatic carbocycles. The van der Waals surface area contributed by atoms with Gasteiger partial charge in [-0.2, -0.15) is 0 Å². The molecule has 1 aliphatic rings. The third-order valence-corrected chi connectivity index (χ3v) is 8.90. The van der Waals surface area contributed by atoms with E-state index < -0.39 is 34.7 Å². The van der Waals surface area contributed by atoms with Crippen molar-refractivity contribution in [1.82, 2.24) is 15.5 Å². The largest absolute Gasteiger partial charge is 0.484 e. The highest BCUT2D eigenvalue weighted by Crippen LogP contribution is 2.40. The van der Waals surface area contributed by atoms with Crippen molar-refractivity contribution in [3.63, 3.8) is 0 Å².